The molecule has 0 saturated heterocycles. The first-order valence-electron chi connectivity index (χ1n) is 8.59. The van der Waals surface area contributed by atoms with Crippen LogP contribution in [-0.2, 0) is 0 Å². The van der Waals surface area contributed by atoms with E-state index < -0.39 is 0 Å². The molecule has 0 radical (unpaired) electrons. The molecule has 0 bridgehead atoms. The summed E-state index contributed by atoms with van der Waals surface area (Å²) in [4.78, 5) is 0. The molecule has 1 unspecified atom stereocenters. The molecule has 16 heavy (non-hydrogen) atoms. The first kappa shape index (κ1) is 7.37. The van der Waals surface area contributed by atoms with Gasteiger partial charge in [-0.25, -0.2) is 0 Å². The van der Waals surface area contributed by atoms with Crippen LogP contribution in [0.2, 0.25) is 0 Å². The maximum Gasteiger partial charge on any atom is 0.293 e. The standard InChI is InChI=1S/C15H24O/c1-3-4-5-6-7-8-13(2)14-9-11-15(16)12-10-14/h9-13,16H,3-8H2,1-2H3/i9D,10D,11D,12D/hD. The van der Waals surface area contributed by atoms with Crippen LogP contribution in [0.5, 0.6) is 5.75 Å². The summed E-state index contributed by atoms with van der Waals surface area (Å²) in [7, 11) is 0. The van der Waals surface area contributed by atoms with E-state index in [1.54, 1.807) is 0 Å². The van der Waals surface area contributed by atoms with Crippen LogP contribution in [0, 0.1) is 0 Å². The van der Waals surface area contributed by atoms with E-state index in [0.717, 1.165) is 19.3 Å². The Morgan fingerprint density at radius 3 is 2.50 bits per heavy atom. The van der Waals surface area contributed by atoms with Gasteiger partial charge >= 0.3 is 0 Å². The third-order valence-electron chi connectivity index (χ3n) is 2.85. The largest absolute Gasteiger partial charge is 0.508 e. The second kappa shape index (κ2) is 7.32. The lowest BCUT2D eigenvalue weighted by Gasteiger charge is -2.11. The molecule has 1 N–H and O–H groups in total. The predicted octanol–water partition coefficient (Wildman–Crippen LogP) is 4.86. The van der Waals surface area contributed by atoms with Crippen molar-refractivity contribution in [3.8, 4) is 5.75 Å². The summed E-state index contributed by atoms with van der Waals surface area (Å²) in [6.45, 7) is 4.11. The summed E-state index contributed by atoms with van der Waals surface area (Å²) in [6.07, 6.45) is 6.63. The van der Waals surface area contributed by atoms with Crippen LogP contribution >= 0.6 is 0 Å². The van der Waals surface area contributed by atoms with E-state index in [4.69, 9.17) is 6.91 Å². The minimum absolute atomic E-state index is 0.0281. The highest BCUT2D eigenvalue weighted by Crippen LogP contribution is 2.23. The van der Waals surface area contributed by atoms with E-state index in [-0.39, 0.29) is 35.8 Å². The molecule has 0 heterocycles. The summed E-state index contributed by atoms with van der Waals surface area (Å²) in [5.74, 6) is -0.330. The summed E-state index contributed by atoms with van der Waals surface area (Å²) in [5, 5.41) is 4.23. The van der Waals surface area contributed by atoms with E-state index in [1.165, 1.54) is 19.3 Å². The van der Waals surface area contributed by atoms with Crippen LogP contribution in [0.15, 0.2) is 24.2 Å². The molecule has 1 aromatic carbocycles. The van der Waals surface area contributed by atoms with E-state index in [0.29, 0.717) is 5.56 Å². The van der Waals surface area contributed by atoms with E-state index in [1.807, 2.05) is 6.92 Å². The molecule has 1 nitrogen and oxygen atoms in total. The lowest BCUT2D eigenvalue weighted by atomic mass is 9.95. The quantitative estimate of drug-likeness (QED) is 0.627. The van der Waals surface area contributed by atoms with Crippen molar-refractivity contribution >= 4 is 0 Å². The molecule has 0 aliphatic rings. The van der Waals surface area contributed by atoms with Crippen molar-refractivity contribution in [2.45, 2.75) is 58.3 Å². The lowest BCUT2D eigenvalue weighted by Crippen LogP contribution is -1.93. The molecule has 1 heteroatoms. The molecule has 0 aliphatic carbocycles. The van der Waals surface area contributed by atoms with Crippen molar-refractivity contribution < 1.29 is 10.6 Å². The molecule has 0 fully saturated rings. The SMILES string of the molecule is [2H]Oc1c([2H])c([2H])c(C(C)CCCCCCC)c([2H])c1[2H]. The molecule has 1 rings (SSSR count). The fourth-order valence-electron chi connectivity index (χ4n) is 1.76. The van der Waals surface area contributed by atoms with Gasteiger partial charge < -0.3 is 5.11 Å². The molecular formula is C15H24O. The molecule has 1 aromatic rings. The average Bonchev–Trinajstić information content (AvgIpc) is 2.46. The highest BCUT2D eigenvalue weighted by atomic mass is 16.3. The number of aromatic hydroxyl groups is 1. The van der Waals surface area contributed by atoms with E-state index >= 15 is 0 Å². The Morgan fingerprint density at radius 1 is 1.19 bits per heavy atom. The third kappa shape index (κ3) is 4.69. The number of phenols is 1. The Kier molecular flexibility index (Phi) is 3.37. The minimum Gasteiger partial charge on any atom is -0.508 e. The second-order valence-corrected chi connectivity index (χ2v) is 4.35. The molecule has 1 atom stereocenters. The van der Waals surface area contributed by atoms with Crippen LogP contribution in [0.25, 0.3) is 0 Å². The molecule has 0 aromatic heterocycles. The Bertz CT molecular complexity index is 447. The van der Waals surface area contributed by atoms with Crippen LogP contribution in [0.3, 0.4) is 0 Å². The third-order valence-corrected chi connectivity index (χ3v) is 2.85. The van der Waals surface area contributed by atoms with Gasteiger partial charge in [0.1, 0.15) is 5.75 Å². The molecule has 0 saturated carbocycles. The number of phenolic OH excluding ortho intramolecular Hbond substituents is 1. The Labute approximate surface area is 107 Å². The van der Waals surface area contributed by atoms with Gasteiger partial charge in [-0.3, -0.25) is 0 Å². The molecule has 0 aliphatic heterocycles. The average molecular weight is 225 g/mol. The summed E-state index contributed by atoms with van der Waals surface area (Å²) >= 11 is 0. The normalized spacial score (nSPS) is 16.8. The molecule has 90 valence electrons. The lowest BCUT2D eigenvalue weighted by molar-refractivity contribution is 0.474. The number of hydrogen-bond acceptors (Lipinski definition) is 1. The zero-order valence-electron chi connectivity index (χ0n) is 15.2. The van der Waals surface area contributed by atoms with Gasteiger partial charge in [0.15, 0.2) is 0 Å². The topological polar surface area (TPSA) is 20.2 Å². The maximum atomic E-state index is 8.00. The van der Waals surface area contributed by atoms with Gasteiger partial charge in [-0.1, -0.05) is 58.0 Å². The van der Waals surface area contributed by atoms with Crippen LogP contribution in [0.1, 0.15) is 69.3 Å². The van der Waals surface area contributed by atoms with E-state index in [2.05, 4.69) is 12.0 Å². The fraction of sp³-hybridized carbons (Fsp3) is 0.600. The predicted molar refractivity (Wildman–Crippen MR) is 69.9 cm³/mol. The second-order valence-electron chi connectivity index (χ2n) is 4.35. The van der Waals surface area contributed by atoms with Gasteiger partial charge in [0.05, 0.1) is 5.48 Å². The highest BCUT2D eigenvalue weighted by Gasteiger charge is 2.04. The number of rotatable bonds is 8. The number of unbranched alkanes of at least 4 members (excludes halogenated alkanes) is 4. The van der Waals surface area contributed by atoms with Gasteiger partial charge in [0.25, 0.3) is 1.43 Å². The van der Waals surface area contributed by atoms with Crippen molar-refractivity contribution in [1.29, 1.82) is 1.43 Å². The van der Waals surface area contributed by atoms with Crippen molar-refractivity contribution in [2.75, 3.05) is 0 Å². The van der Waals surface area contributed by atoms with Crippen molar-refractivity contribution in [3.05, 3.63) is 29.7 Å². The van der Waals surface area contributed by atoms with Crippen LogP contribution in [-0.4, -0.2) is 6.54 Å². The fourth-order valence-corrected chi connectivity index (χ4v) is 1.76. The smallest absolute Gasteiger partial charge is 0.293 e. The van der Waals surface area contributed by atoms with Gasteiger partial charge in [0.2, 0.25) is 0 Å². The summed E-state index contributed by atoms with van der Waals surface area (Å²) in [5.41, 5.74) is 0.432. The zero-order valence-corrected chi connectivity index (χ0v) is 10.2. The van der Waals surface area contributed by atoms with Crippen molar-refractivity contribution in [3.63, 3.8) is 0 Å². The molecule has 0 spiro atoms. The Hall–Kier alpha value is -0.980. The number of benzene rings is 1. The van der Waals surface area contributed by atoms with Gasteiger partial charge in [0, 0.05) is 0 Å². The van der Waals surface area contributed by atoms with Crippen molar-refractivity contribution in [2.24, 2.45) is 0 Å². The molecular weight excluding hydrogens is 196 g/mol. The van der Waals surface area contributed by atoms with E-state index in [9.17, 15) is 0 Å². The zero-order chi connectivity index (χ0) is 16.0. The van der Waals surface area contributed by atoms with Gasteiger partial charge in [-0.15, -0.1) is 0 Å². The maximum absolute atomic E-state index is 8.00. The van der Waals surface area contributed by atoms with Gasteiger partial charge in [-0.2, -0.15) is 0 Å². The van der Waals surface area contributed by atoms with Crippen LogP contribution < -0.4 is 0 Å². The highest BCUT2D eigenvalue weighted by molar-refractivity contribution is 5.27. The van der Waals surface area contributed by atoms with Crippen molar-refractivity contribution in [1.82, 2.24) is 0 Å². The Balaban J connectivity index is 2.87. The van der Waals surface area contributed by atoms with Gasteiger partial charge in [-0.05, 0) is 30.0 Å². The monoisotopic (exact) mass is 225 g/mol. The Morgan fingerprint density at radius 2 is 1.88 bits per heavy atom. The summed E-state index contributed by atoms with van der Waals surface area (Å²) in [6, 6.07) is -0.698. The molecule has 0 amide bonds. The summed E-state index contributed by atoms with van der Waals surface area (Å²) < 4.78 is 38.5. The first-order chi connectivity index (χ1) is 9.95. The minimum atomic E-state index is -0.302. The van der Waals surface area contributed by atoms with Crippen LogP contribution in [0.4, 0.5) is 0 Å². The number of hydrogen-bond donors (Lipinski definition) is 1. The first-order valence-corrected chi connectivity index (χ1v) is 6.19.